The summed E-state index contributed by atoms with van der Waals surface area (Å²) in [7, 11) is -2.00. The summed E-state index contributed by atoms with van der Waals surface area (Å²) in [4.78, 5) is 0.121. The summed E-state index contributed by atoms with van der Waals surface area (Å²) in [6.45, 7) is 4.66. The van der Waals surface area contributed by atoms with E-state index < -0.39 is 10.0 Å². The molecule has 0 bridgehead atoms. The summed E-state index contributed by atoms with van der Waals surface area (Å²) in [5.41, 5.74) is 6.26. The zero-order valence-electron chi connectivity index (χ0n) is 10.9. The van der Waals surface area contributed by atoms with Crippen LogP contribution >= 0.6 is 11.6 Å². The van der Waals surface area contributed by atoms with Crippen LogP contribution in [0.2, 0.25) is 5.02 Å². The van der Waals surface area contributed by atoms with Gasteiger partial charge in [-0.1, -0.05) is 31.5 Å². The quantitative estimate of drug-likeness (QED) is 0.903. The average molecular weight is 291 g/mol. The van der Waals surface area contributed by atoms with Crippen LogP contribution in [0.4, 0.5) is 0 Å². The fourth-order valence-corrected chi connectivity index (χ4v) is 3.51. The fraction of sp³-hybridized carbons (Fsp3) is 0.500. The molecule has 18 heavy (non-hydrogen) atoms. The van der Waals surface area contributed by atoms with E-state index in [1.165, 1.54) is 10.4 Å². The highest BCUT2D eigenvalue weighted by Crippen LogP contribution is 2.25. The van der Waals surface area contributed by atoms with Crippen LogP contribution in [-0.2, 0) is 16.6 Å². The van der Waals surface area contributed by atoms with E-state index in [1.54, 1.807) is 19.2 Å². The molecule has 0 radical (unpaired) electrons. The molecular formula is C12H19ClN2O2S. The van der Waals surface area contributed by atoms with E-state index in [1.807, 2.05) is 13.8 Å². The van der Waals surface area contributed by atoms with Crippen molar-refractivity contribution in [3.05, 3.63) is 28.8 Å². The zero-order chi connectivity index (χ0) is 13.9. The first-order valence-corrected chi connectivity index (χ1v) is 7.55. The molecule has 1 aromatic carbocycles. The molecule has 2 N–H and O–H groups in total. The number of nitrogens with zero attached hydrogens (tertiary/aromatic N) is 1. The Morgan fingerprint density at radius 3 is 2.50 bits per heavy atom. The number of rotatable bonds is 5. The topological polar surface area (TPSA) is 63.4 Å². The van der Waals surface area contributed by atoms with Gasteiger partial charge in [0.2, 0.25) is 10.0 Å². The van der Waals surface area contributed by atoms with Gasteiger partial charge in [0.15, 0.2) is 0 Å². The Hall–Kier alpha value is -0.620. The Kier molecular flexibility index (Phi) is 5.16. The van der Waals surface area contributed by atoms with Gasteiger partial charge in [0.1, 0.15) is 4.90 Å². The van der Waals surface area contributed by atoms with Crippen molar-refractivity contribution in [1.29, 1.82) is 0 Å². The second-order valence-electron chi connectivity index (χ2n) is 4.65. The second kappa shape index (κ2) is 6.02. The minimum Gasteiger partial charge on any atom is -0.326 e. The molecule has 0 aromatic heterocycles. The Balaban J connectivity index is 3.19. The predicted molar refractivity (Wildman–Crippen MR) is 74.0 cm³/mol. The highest BCUT2D eigenvalue weighted by molar-refractivity contribution is 7.89. The van der Waals surface area contributed by atoms with E-state index in [2.05, 4.69) is 0 Å². The molecule has 1 aromatic rings. The molecule has 102 valence electrons. The lowest BCUT2D eigenvalue weighted by Gasteiger charge is -2.20. The van der Waals surface area contributed by atoms with E-state index in [9.17, 15) is 8.42 Å². The summed E-state index contributed by atoms with van der Waals surface area (Å²) in [5, 5.41) is 0.225. The minimum absolute atomic E-state index is 0.121. The molecule has 6 heteroatoms. The summed E-state index contributed by atoms with van der Waals surface area (Å²) in [6.07, 6.45) is 0. The molecule has 0 unspecified atom stereocenters. The summed E-state index contributed by atoms with van der Waals surface area (Å²) in [6, 6.07) is 4.83. The van der Waals surface area contributed by atoms with Crippen LogP contribution in [0.3, 0.4) is 0 Å². The molecule has 0 spiro atoms. The fourth-order valence-electron chi connectivity index (χ4n) is 1.65. The number of hydrogen-bond acceptors (Lipinski definition) is 3. The van der Waals surface area contributed by atoms with Crippen LogP contribution in [0.15, 0.2) is 23.1 Å². The Morgan fingerprint density at radius 2 is 2.00 bits per heavy atom. The maximum Gasteiger partial charge on any atom is 0.244 e. The zero-order valence-corrected chi connectivity index (χ0v) is 12.4. The largest absolute Gasteiger partial charge is 0.326 e. The lowest BCUT2D eigenvalue weighted by molar-refractivity contribution is 0.417. The van der Waals surface area contributed by atoms with Crippen molar-refractivity contribution in [2.24, 2.45) is 11.7 Å². The van der Waals surface area contributed by atoms with Gasteiger partial charge in [-0.2, -0.15) is 0 Å². The summed E-state index contributed by atoms with van der Waals surface area (Å²) in [5.74, 6) is 0.251. The molecule has 0 atom stereocenters. The molecular weight excluding hydrogens is 272 g/mol. The van der Waals surface area contributed by atoms with Gasteiger partial charge in [0.25, 0.3) is 0 Å². The summed E-state index contributed by atoms with van der Waals surface area (Å²) < 4.78 is 26.0. The summed E-state index contributed by atoms with van der Waals surface area (Å²) >= 11 is 5.97. The number of nitrogens with two attached hydrogens (primary N) is 1. The van der Waals surface area contributed by atoms with Crippen LogP contribution in [0, 0.1) is 5.92 Å². The third-order valence-electron chi connectivity index (χ3n) is 2.54. The number of benzene rings is 1. The standard InChI is InChI=1S/C12H19ClN2O2S/c1-9(2)8-15(3)18(16,17)12-6-10(7-14)4-5-11(12)13/h4-6,9H,7-8,14H2,1-3H3. The lowest BCUT2D eigenvalue weighted by Crippen LogP contribution is -2.30. The SMILES string of the molecule is CC(C)CN(C)S(=O)(=O)c1cc(CN)ccc1Cl. The molecule has 0 aliphatic heterocycles. The van der Waals surface area contributed by atoms with E-state index in [-0.39, 0.29) is 22.4 Å². The van der Waals surface area contributed by atoms with Crippen LogP contribution in [0.1, 0.15) is 19.4 Å². The van der Waals surface area contributed by atoms with Gasteiger partial charge in [0, 0.05) is 20.1 Å². The predicted octanol–water partition coefficient (Wildman–Crippen LogP) is 2.08. The number of hydrogen-bond donors (Lipinski definition) is 1. The first-order valence-electron chi connectivity index (χ1n) is 5.74. The van der Waals surface area contributed by atoms with Crippen LogP contribution in [-0.4, -0.2) is 26.3 Å². The molecule has 4 nitrogen and oxygen atoms in total. The van der Waals surface area contributed by atoms with E-state index in [0.29, 0.717) is 6.54 Å². The van der Waals surface area contributed by atoms with E-state index in [4.69, 9.17) is 17.3 Å². The van der Waals surface area contributed by atoms with Crippen LogP contribution < -0.4 is 5.73 Å². The van der Waals surface area contributed by atoms with Crippen molar-refractivity contribution in [2.75, 3.05) is 13.6 Å². The van der Waals surface area contributed by atoms with Gasteiger partial charge in [-0.3, -0.25) is 0 Å². The number of sulfonamides is 1. The van der Waals surface area contributed by atoms with Crippen LogP contribution in [0.25, 0.3) is 0 Å². The Labute approximate surface area is 114 Å². The first kappa shape index (κ1) is 15.4. The highest BCUT2D eigenvalue weighted by atomic mass is 35.5. The van der Waals surface area contributed by atoms with Gasteiger partial charge in [-0.05, 0) is 23.6 Å². The minimum atomic E-state index is -3.55. The third-order valence-corrected chi connectivity index (χ3v) is 4.85. The molecule has 0 saturated heterocycles. The van der Waals surface area contributed by atoms with Crippen molar-refractivity contribution >= 4 is 21.6 Å². The molecule has 0 amide bonds. The maximum absolute atomic E-state index is 12.4. The second-order valence-corrected chi connectivity index (χ2v) is 7.07. The first-order chi connectivity index (χ1) is 8.28. The molecule has 1 rings (SSSR count). The van der Waals surface area contributed by atoms with Gasteiger partial charge < -0.3 is 5.73 Å². The molecule has 0 heterocycles. The van der Waals surface area contributed by atoms with Crippen molar-refractivity contribution in [1.82, 2.24) is 4.31 Å². The molecule has 0 aliphatic rings. The van der Waals surface area contributed by atoms with Crippen LogP contribution in [0.5, 0.6) is 0 Å². The van der Waals surface area contributed by atoms with Gasteiger partial charge in [-0.15, -0.1) is 0 Å². The van der Waals surface area contributed by atoms with Gasteiger partial charge >= 0.3 is 0 Å². The monoisotopic (exact) mass is 290 g/mol. The normalized spacial score (nSPS) is 12.4. The van der Waals surface area contributed by atoms with E-state index in [0.717, 1.165) is 5.56 Å². The molecule has 0 fully saturated rings. The van der Waals surface area contributed by atoms with Gasteiger partial charge in [-0.25, -0.2) is 12.7 Å². The van der Waals surface area contributed by atoms with E-state index >= 15 is 0 Å². The number of halogens is 1. The van der Waals surface area contributed by atoms with Crippen molar-refractivity contribution < 1.29 is 8.42 Å². The molecule has 0 saturated carbocycles. The molecule has 0 aliphatic carbocycles. The maximum atomic E-state index is 12.4. The third kappa shape index (κ3) is 3.45. The average Bonchev–Trinajstić information content (AvgIpc) is 2.28. The highest BCUT2D eigenvalue weighted by Gasteiger charge is 2.24. The lowest BCUT2D eigenvalue weighted by atomic mass is 10.2. The van der Waals surface area contributed by atoms with Crippen molar-refractivity contribution in [3.8, 4) is 0 Å². The van der Waals surface area contributed by atoms with Gasteiger partial charge in [0.05, 0.1) is 5.02 Å². The Bertz CT molecular complexity index is 515. The smallest absolute Gasteiger partial charge is 0.244 e. The van der Waals surface area contributed by atoms with Crippen molar-refractivity contribution in [3.63, 3.8) is 0 Å². The van der Waals surface area contributed by atoms with Crippen molar-refractivity contribution in [2.45, 2.75) is 25.3 Å². The Morgan fingerprint density at radius 1 is 1.39 bits per heavy atom.